The van der Waals surface area contributed by atoms with Gasteiger partial charge in [0, 0.05) is 6.08 Å². The van der Waals surface area contributed by atoms with Crippen LogP contribution in [0.2, 0.25) is 18.1 Å². The van der Waals surface area contributed by atoms with Gasteiger partial charge in [0.2, 0.25) is 0 Å². The van der Waals surface area contributed by atoms with E-state index in [2.05, 4.69) is 33.9 Å². The van der Waals surface area contributed by atoms with Gasteiger partial charge in [-0.25, -0.2) is 4.79 Å². The van der Waals surface area contributed by atoms with Crippen molar-refractivity contribution in [1.82, 2.24) is 0 Å². The number of carbonyl (C=O) groups is 1. The maximum atomic E-state index is 11.5. The smallest absolute Gasteiger partial charge is 0.330 e. The van der Waals surface area contributed by atoms with Crippen molar-refractivity contribution >= 4 is 14.3 Å². The van der Waals surface area contributed by atoms with Crippen molar-refractivity contribution in [2.75, 3.05) is 13.7 Å². The van der Waals surface area contributed by atoms with Gasteiger partial charge in [-0.05, 0) is 49.2 Å². The average molecular weight is 365 g/mol. The van der Waals surface area contributed by atoms with Gasteiger partial charge in [-0.3, -0.25) is 0 Å². The molecule has 0 spiro atoms. The van der Waals surface area contributed by atoms with Gasteiger partial charge in [0.1, 0.15) is 5.75 Å². The van der Waals surface area contributed by atoms with Gasteiger partial charge in [-0.15, -0.1) is 0 Å². The van der Waals surface area contributed by atoms with E-state index in [1.807, 2.05) is 30.3 Å². The normalized spacial score (nSPS) is 13.7. The number of carbonyl (C=O) groups excluding carboxylic acids is 1. The van der Waals surface area contributed by atoms with Gasteiger partial charge in [0.05, 0.1) is 19.8 Å². The molecule has 4 nitrogen and oxygen atoms in total. The molecule has 0 heterocycles. The summed E-state index contributed by atoms with van der Waals surface area (Å²) in [6.45, 7) is 13.3. The minimum absolute atomic E-state index is 0.0996. The molecule has 0 aliphatic carbocycles. The molecule has 0 fully saturated rings. The van der Waals surface area contributed by atoms with Gasteiger partial charge < -0.3 is 13.9 Å². The van der Waals surface area contributed by atoms with Crippen LogP contribution in [0.25, 0.3) is 0 Å². The third kappa shape index (κ3) is 6.67. The van der Waals surface area contributed by atoms with Crippen molar-refractivity contribution in [2.45, 2.75) is 58.4 Å². The predicted molar refractivity (Wildman–Crippen MR) is 104 cm³/mol. The highest BCUT2D eigenvalue weighted by Gasteiger charge is 2.39. The number of rotatable bonds is 8. The third-order valence-corrected chi connectivity index (χ3v) is 9.11. The topological polar surface area (TPSA) is 44.8 Å². The molecule has 140 valence electrons. The molecule has 0 unspecified atom stereocenters. The summed E-state index contributed by atoms with van der Waals surface area (Å²) in [6.07, 6.45) is 3.84. The fourth-order valence-corrected chi connectivity index (χ4v) is 3.38. The number of methoxy groups -OCH3 is 1. The highest BCUT2D eigenvalue weighted by molar-refractivity contribution is 6.74. The molecule has 0 bridgehead atoms. The van der Waals surface area contributed by atoms with E-state index in [0.29, 0.717) is 13.0 Å². The lowest BCUT2D eigenvalue weighted by Crippen LogP contribution is -2.41. The molecule has 0 radical (unpaired) electrons. The van der Waals surface area contributed by atoms with E-state index >= 15 is 0 Å². The maximum Gasteiger partial charge on any atom is 0.330 e. The van der Waals surface area contributed by atoms with Crippen LogP contribution in [-0.4, -0.2) is 28.0 Å². The molecule has 0 saturated heterocycles. The van der Waals surface area contributed by atoms with Crippen molar-refractivity contribution in [3.8, 4) is 5.75 Å². The summed E-state index contributed by atoms with van der Waals surface area (Å²) < 4.78 is 16.8. The van der Waals surface area contributed by atoms with Crippen molar-refractivity contribution in [2.24, 2.45) is 0 Å². The Bertz CT molecular complexity index is 570. The maximum absolute atomic E-state index is 11.5. The number of esters is 1. The zero-order valence-electron chi connectivity index (χ0n) is 16.6. The van der Waals surface area contributed by atoms with Gasteiger partial charge >= 0.3 is 5.97 Å². The Morgan fingerprint density at radius 1 is 1.20 bits per heavy atom. The highest BCUT2D eigenvalue weighted by atomic mass is 28.4. The number of hydrogen-bond acceptors (Lipinski definition) is 4. The lowest BCUT2D eigenvalue weighted by molar-refractivity contribution is -0.137. The predicted octanol–water partition coefficient (Wildman–Crippen LogP) is 5.27. The van der Waals surface area contributed by atoms with E-state index in [9.17, 15) is 4.79 Å². The Morgan fingerprint density at radius 3 is 2.28 bits per heavy atom. The Morgan fingerprint density at radius 2 is 1.80 bits per heavy atom. The molecule has 1 aromatic rings. The first-order valence-electron chi connectivity index (χ1n) is 8.75. The van der Waals surface area contributed by atoms with E-state index in [1.54, 1.807) is 14.0 Å². The molecule has 0 amide bonds. The number of benzene rings is 1. The molecule has 1 aromatic carbocycles. The summed E-state index contributed by atoms with van der Waals surface area (Å²) in [5, 5.41) is 0.114. The van der Waals surface area contributed by atoms with E-state index in [-0.39, 0.29) is 17.1 Å². The summed E-state index contributed by atoms with van der Waals surface area (Å²) in [4.78, 5) is 11.5. The van der Waals surface area contributed by atoms with Crippen LogP contribution in [0.1, 0.15) is 45.8 Å². The summed E-state index contributed by atoms with van der Waals surface area (Å²) in [5.74, 6) is 0.500. The summed E-state index contributed by atoms with van der Waals surface area (Å²) >= 11 is 0. The minimum atomic E-state index is -1.95. The van der Waals surface area contributed by atoms with Gasteiger partial charge in [-0.1, -0.05) is 39.0 Å². The van der Waals surface area contributed by atoms with E-state index < -0.39 is 8.32 Å². The standard InChI is InChI=1S/C20H32O4Si/c1-8-23-19(21)11-9-10-18(24-25(6,7)20(2,3)4)16-12-14-17(22-5)15-13-16/h9,11-15,18H,8,10H2,1-7H3/b11-9+/t18-/m0/s1. The lowest BCUT2D eigenvalue weighted by atomic mass is 10.1. The molecule has 25 heavy (non-hydrogen) atoms. The second-order valence-electron chi connectivity index (χ2n) is 7.53. The first kappa shape index (κ1) is 21.4. The number of ether oxygens (including phenoxy) is 2. The summed E-state index contributed by atoms with van der Waals surface area (Å²) in [5.41, 5.74) is 1.08. The Balaban J connectivity index is 2.98. The molecule has 0 aliphatic heterocycles. The van der Waals surface area contributed by atoms with Gasteiger partial charge in [0.25, 0.3) is 0 Å². The second kappa shape index (κ2) is 9.20. The van der Waals surface area contributed by atoms with Crippen LogP contribution < -0.4 is 4.74 Å². The lowest BCUT2D eigenvalue weighted by Gasteiger charge is -2.39. The molecule has 0 aromatic heterocycles. The van der Waals surface area contributed by atoms with Crippen molar-refractivity contribution in [3.63, 3.8) is 0 Å². The zero-order chi connectivity index (χ0) is 19.1. The number of hydrogen-bond donors (Lipinski definition) is 0. The SMILES string of the molecule is CCOC(=O)/C=C/C[C@H](O[Si](C)(C)C(C)(C)C)c1ccc(OC)cc1. The summed E-state index contributed by atoms with van der Waals surface area (Å²) in [7, 11) is -0.293. The van der Waals surface area contributed by atoms with Crippen LogP contribution in [0, 0.1) is 0 Å². The first-order valence-corrected chi connectivity index (χ1v) is 11.7. The minimum Gasteiger partial charge on any atom is -0.497 e. The molecular weight excluding hydrogens is 332 g/mol. The molecule has 1 atom stereocenters. The fourth-order valence-electron chi connectivity index (χ4n) is 2.08. The summed E-state index contributed by atoms with van der Waals surface area (Å²) in [6, 6.07) is 7.92. The van der Waals surface area contributed by atoms with Crippen molar-refractivity contribution in [3.05, 3.63) is 42.0 Å². The molecule has 1 rings (SSSR count). The average Bonchev–Trinajstić information content (AvgIpc) is 2.53. The molecule has 0 aliphatic rings. The van der Waals surface area contributed by atoms with E-state index in [1.165, 1.54) is 6.08 Å². The third-order valence-electron chi connectivity index (χ3n) is 4.62. The first-order chi connectivity index (χ1) is 11.6. The Kier molecular flexibility index (Phi) is 7.89. The molecule has 5 heteroatoms. The fraction of sp³-hybridized carbons (Fsp3) is 0.550. The van der Waals surface area contributed by atoms with Crippen LogP contribution in [-0.2, 0) is 14.0 Å². The molecule has 0 N–H and O–H groups in total. The van der Waals surface area contributed by atoms with Gasteiger partial charge in [0.15, 0.2) is 8.32 Å². The van der Waals surface area contributed by atoms with Crippen LogP contribution in [0.5, 0.6) is 5.75 Å². The van der Waals surface area contributed by atoms with E-state index in [0.717, 1.165) is 11.3 Å². The second-order valence-corrected chi connectivity index (χ2v) is 12.3. The van der Waals surface area contributed by atoms with Crippen molar-refractivity contribution < 1.29 is 18.7 Å². The zero-order valence-corrected chi connectivity index (χ0v) is 17.6. The Labute approximate surface area is 153 Å². The van der Waals surface area contributed by atoms with Crippen molar-refractivity contribution in [1.29, 1.82) is 0 Å². The van der Waals surface area contributed by atoms with E-state index in [4.69, 9.17) is 13.9 Å². The van der Waals surface area contributed by atoms with Crippen LogP contribution in [0.4, 0.5) is 0 Å². The van der Waals surface area contributed by atoms with Crippen LogP contribution in [0.3, 0.4) is 0 Å². The molecule has 0 saturated carbocycles. The monoisotopic (exact) mass is 364 g/mol. The highest BCUT2D eigenvalue weighted by Crippen LogP contribution is 2.40. The van der Waals surface area contributed by atoms with Crippen LogP contribution in [0.15, 0.2) is 36.4 Å². The molecular formula is C20H32O4Si. The van der Waals surface area contributed by atoms with Gasteiger partial charge in [-0.2, -0.15) is 0 Å². The quantitative estimate of drug-likeness (QED) is 0.358. The largest absolute Gasteiger partial charge is 0.497 e. The Hall–Kier alpha value is -1.59. The van der Waals surface area contributed by atoms with Crippen LogP contribution >= 0.6 is 0 Å².